The van der Waals surface area contributed by atoms with Gasteiger partial charge in [-0.3, -0.25) is 0 Å². The zero-order chi connectivity index (χ0) is 15.6. The summed E-state index contributed by atoms with van der Waals surface area (Å²) in [4.78, 5) is 1.86. The van der Waals surface area contributed by atoms with E-state index >= 15 is 0 Å². The number of benzene rings is 2. The summed E-state index contributed by atoms with van der Waals surface area (Å²) in [5.41, 5.74) is 7.07. The molecule has 2 rings (SSSR count). The van der Waals surface area contributed by atoms with E-state index in [-0.39, 0.29) is 15.3 Å². The van der Waals surface area contributed by atoms with Crippen LogP contribution in [-0.2, 0) is 0 Å². The Morgan fingerprint density at radius 2 is 1.81 bits per heavy atom. The number of anilines is 2. The first-order valence-corrected chi connectivity index (χ1v) is 7.46. The van der Waals surface area contributed by atoms with Crippen LogP contribution in [0.15, 0.2) is 40.9 Å². The molecule has 2 aromatic carbocycles. The third-order valence-corrected chi connectivity index (χ3v) is 4.07. The van der Waals surface area contributed by atoms with Crippen LogP contribution in [0.5, 0.6) is 0 Å². The molecule has 0 aliphatic rings. The van der Waals surface area contributed by atoms with Gasteiger partial charge in [-0.25, -0.2) is 8.78 Å². The highest BCUT2D eigenvalue weighted by molar-refractivity contribution is 9.10. The predicted molar refractivity (Wildman–Crippen MR) is 89.1 cm³/mol. The standard InChI is InChI=1S/C15H13BrF2N2S/c1-2-20(10-5-3-9(17)4-6-10)12-8-7-11(15(19)21)13(16)14(12)18/h3-8H,2H2,1H3,(H2,19,21). The highest BCUT2D eigenvalue weighted by Gasteiger charge is 2.18. The first-order chi connectivity index (χ1) is 9.95. The van der Waals surface area contributed by atoms with Crippen molar-refractivity contribution in [2.24, 2.45) is 5.73 Å². The molecule has 0 heterocycles. The number of thiocarbonyl (C=S) groups is 1. The molecule has 0 aromatic heterocycles. The third-order valence-electron chi connectivity index (χ3n) is 3.07. The molecule has 2 aromatic rings. The van der Waals surface area contributed by atoms with Crippen LogP contribution >= 0.6 is 28.1 Å². The van der Waals surface area contributed by atoms with Crippen LogP contribution in [0.4, 0.5) is 20.2 Å². The molecular formula is C15H13BrF2N2S. The largest absolute Gasteiger partial charge is 0.389 e. The lowest BCUT2D eigenvalue weighted by Crippen LogP contribution is -2.19. The molecular weight excluding hydrogens is 358 g/mol. The van der Waals surface area contributed by atoms with Crippen molar-refractivity contribution >= 4 is 44.5 Å². The minimum absolute atomic E-state index is 0.122. The number of nitrogens with zero attached hydrogens (tertiary/aromatic N) is 1. The zero-order valence-electron chi connectivity index (χ0n) is 11.2. The van der Waals surface area contributed by atoms with Gasteiger partial charge >= 0.3 is 0 Å². The summed E-state index contributed by atoms with van der Waals surface area (Å²) in [6.45, 7) is 2.42. The van der Waals surface area contributed by atoms with Crippen molar-refractivity contribution in [2.45, 2.75) is 6.92 Å². The Hall–Kier alpha value is -1.53. The van der Waals surface area contributed by atoms with Gasteiger partial charge in [0.05, 0.1) is 10.2 Å². The van der Waals surface area contributed by atoms with Gasteiger partial charge < -0.3 is 10.6 Å². The van der Waals surface area contributed by atoms with Crippen LogP contribution in [0.25, 0.3) is 0 Å². The van der Waals surface area contributed by atoms with E-state index in [1.165, 1.54) is 12.1 Å². The molecule has 0 radical (unpaired) electrons. The van der Waals surface area contributed by atoms with Gasteiger partial charge in [0, 0.05) is 17.8 Å². The van der Waals surface area contributed by atoms with Crippen molar-refractivity contribution < 1.29 is 8.78 Å². The summed E-state index contributed by atoms with van der Waals surface area (Å²) in [6.07, 6.45) is 0. The van der Waals surface area contributed by atoms with E-state index in [1.807, 2.05) is 6.92 Å². The lowest BCUT2D eigenvalue weighted by Gasteiger charge is -2.24. The molecule has 21 heavy (non-hydrogen) atoms. The van der Waals surface area contributed by atoms with E-state index in [0.717, 1.165) is 0 Å². The Morgan fingerprint density at radius 3 is 2.33 bits per heavy atom. The average molecular weight is 371 g/mol. The van der Waals surface area contributed by atoms with Crippen molar-refractivity contribution in [3.05, 3.63) is 58.1 Å². The van der Waals surface area contributed by atoms with Crippen LogP contribution in [0, 0.1) is 11.6 Å². The predicted octanol–water partition coefficient (Wildman–Crippen LogP) is 4.52. The second kappa shape index (κ2) is 6.49. The van der Waals surface area contributed by atoms with Crippen molar-refractivity contribution in [3.8, 4) is 0 Å². The molecule has 0 saturated heterocycles. The van der Waals surface area contributed by atoms with E-state index in [2.05, 4.69) is 15.9 Å². The van der Waals surface area contributed by atoms with Gasteiger partial charge in [0.2, 0.25) is 0 Å². The Balaban J connectivity index is 2.50. The summed E-state index contributed by atoms with van der Waals surface area (Å²) in [6, 6.07) is 9.17. The highest BCUT2D eigenvalue weighted by Crippen LogP contribution is 2.33. The molecule has 6 heteroatoms. The molecule has 0 spiro atoms. The first-order valence-electron chi connectivity index (χ1n) is 6.26. The van der Waals surface area contributed by atoms with Crippen molar-refractivity contribution in [1.29, 1.82) is 0 Å². The Kier molecular flexibility index (Phi) is 4.90. The molecule has 2 N–H and O–H groups in total. The second-order valence-electron chi connectivity index (χ2n) is 4.35. The second-order valence-corrected chi connectivity index (χ2v) is 5.58. The molecule has 110 valence electrons. The fraction of sp³-hybridized carbons (Fsp3) is 0.133. The quantitative estimate of drug-likeness (QED) is 0.802. The van der Waals surface area contributed by atoms with Gasteiger partial charge in [-0.1, -0.05) is 12.2 Å². The summed E-state index contributed by atoms with van der Waals surface area (Å²) >= 11 is 8.06. The van der Waals surface area contributed by atoms with Crippen LogP contribution in [-0.4, -0.2) is 11.5 Å². The SMILES string of the molecule is CCN(c1ccc(F)cc1)c1ccc(C(N)=S)c(Br)c1F. The number of nitrogens with two attached hydrogens (primary N) is 1. The van der Waals surface area contributed by atoms with Gasteiger partial charge in [-0.15, -0.1) is 0 Å². The first kappa shape index (κ1) is 15.9. The van der Waals surface area contributed by atoms with E-state index in [0.29, 0.717) is 23.5 Å². The minimum Gasteiger partial charge on any atom is -0.389 e. The number of hydrogen-bond donors (Lipinski definition) is 1. The maximum Gasteiger partial charge on any atom is 0.161 e. The molecule has 0 aliphatic heterocycles. The summed E-state index contributed by atoms with van der Waals surface area (Å²) < 4.78 is 27.8. The topological polar surface area (TPSA) is 29.3 Å². The van der Waals surface area contributed by atoms with E-state index in [1.54, 1.807) is 29.2 Å². The molecule has 0 unspecified atom stereocenters. The molecule has 2 nitrogen and oxygen atoms in total. The Labute approximate surface area is 135 Å². The van der Waals surface area contributed by atoms with Gasteiger partial charge in [-0.2, -0.15) is 0 Å². The molecule has 0 bridgehead atoms. The maximum absolute atomic E-state index is 14.5. The van der Waals surface area contributed by atoms with Crippen molar-refractivity contribution in [3.63, 3.8) is 0 Å². The molecule has 0 saturated carbocycles. The maximum atomic E-state index is 14.5. The van der Waals surface area contributed by atoms with Gasteiger partial charge in [-0.05, 0) is 59.3 Å². The van der Waals surface area contributed by atoms with Crippen molar-refractivity contribution in [1.82, 2.24) is 0 Å². The van der Waals surface area contributed by atoms with Gasteiger partial charge in [0.15, 0.2) is 5.82 Å². The average Bonchev–Trinajstić information content (AvgIpc) is 2.45. The van der Waals surface area contributed by atoms with E-state index in [9.17, 15) is 8.78 Å². The smallest absolute Gasteiger partial charge is 0.161 e. The number of halogens is 3. The summed E-state index contributed by atoms with van der Waals surface area (Å²) in [5, 5.41) is 0. The summed E-state index contributed by atoms with van der Waals surface area (Å²) in [5.74, 6) is -0.785. The van der Waals surface area contributed by atoms with Gasteiger partial charge in [0.25, 0.3) is 0 Å². The lowest BCUT2D eigenvalue weighted by atomic mass is 10.1. The zero-order valence-corrected chi connectivity index (χ0v) is 13.6. The molecule has 0 aliphatic carbocycles. The van der Waals surface area contributed by atoms with Gasteiger partial charge in [0.1, 0.15) is 10.8 Å². The van der Waals surface area contributed by atoms with Crippen molar-refractivity contribution in [2.75, 3.05) is 11.4 Å². The Bertz CT molecular complexity index is 674. The number of hydrogen-bond acceptors (Lipinski definition) is 2. The fourth-order valence-corrected chi connectivity index (χ4v) is 2.90. The van der Waals surface area contributed by atoms with Crippen LogP contribution in [0.1, 0.15) is 12.5 Å². The molecule has 0 atom stereocenters. The van der Waals surface area contributed by atoms with Crippen LogP contribution < -0.4 is 10.6 Å². The Morgan fingerprint density at radius 1 is 1.19 bits per heavy atom. The fourth-order valence-electron chi connectivity index (χ4n) is 2.05. The normalized spacial score (nSPS) is 10.5. The van der Waals surface area contributed by atoms with E-state index < -0.39 is 5.82 Å². The van der Waals surface area contributed by atoms with Crippen LogP contribution in [0.2, 0.25) is 0 Å². The lowest BCUT2D eigenvalue weighted by molar-refractivity contribution is 0.618. The molecule has 0 fully saturated rings. The summed E-state index contributed by atoms with van der Waals surface area (Å²) in [7, 11) is 0. The third kappa shape index (κ3) is 3.22. The van der Waals surface area contributed by atoms with E-state index in [4.69, 9.17) is 18.0 Å². The van der Waals surface area contributed by atoms with Crippen LogP contribution in [0.3, 0.4) is 0 Å². The minimum atomic E-state index is -0.452. The molecule has 0 amide bonds. The highest BCUT2D eigenvalue weighted by atomic mass is 79.9. The monoisotopic (exact) mass is 370 g/mol. The number of rotatable bonds is 4.